The van der Waals surface area contributed by atoms with E-state index in [1.807, 2.05) is 13.8 Å². The molecule has 2 unspecified atom stereocenters. The van der Waals surface area contributed by atoms with Gasteiger partial charge < -0.3 is 4.90 Å². The highest BCUT2D eigenvalue weighted by Gasteiger charge is 2.18. The summed E-state index contributed by atoms with van der Waals surface area (Å²) in [6.07, 6.45) is 4.97. The van der Waals surface area contributed by atoms with Gasteiger partial charge in [-0.25, -0.2) is 0 Å². The van der Waals surface area contributed by atoms with Crippen molar-refractivity contribution in [3.05, 3.63) is 24.3 Å². The minimum absolute atomic E-state index is 0.00704. The summed E-state index contributed by atoms with van der Waals surface area (Å²) in [6.45, 7) is 3.80. The van der Waals surface area contributed by atoms with Gasteiger partial charge in [-0.2, -0.15) is 0 Å². The van der Waals surface area contributed by atoms with Crippen molar-refractivity contribution in [1.29, 1.82) is 0 Å². The van der Waals surface area contributed by atoms with Gasteiger partial charge in [-0.05, 0) is 13.8 Å². The van der Waals surface area contributed by atoms with Crippen molar-refractivity contribution in [2.24, 2.45) is 0 Å². The number of nitrogens with zero attached hydrogens (tertiary/aromatic N) is 3. The molecule has 5 heteroatoms. The van der Waals surface area contributed by atoms with Gasteiger partial charge in [0, 0.05) is 38.7 Å². The van der Waals surface area contributed by atoms with Crippen molar-refractivity contribution in [2.45, 2.75) is 25.9 Å². The Bertz CT molecular complexity index is 339. The normalized spacial score (nSPS) is 14.2. The summed E-state index contributed by atoms with van der Waals surface area (Å²) in [4.78, 5) is 21.4. The summed E-state index contributed by atoms with van der Waals surface area (Å²) in [5.74, 6) is 0.0516. The maximum atomic E-state index is 11.6. The number of hydrogen-bond acceptors (Lipinski definition) is 4. The number of amides is 1. The lowest BCUT2D eigenvalue weighted by molar-refractivity contribution is -0.130. The molecule has 0 spiro atoms. The summed E-state index contributed by atoms with van der Waals surface area (Å²) in [5, 5.41) is 3.18. The highest BCUT2D eigenvalue weighted by atomic mass is 16.2. The van der Waals surface area contributed by atoms with Crippen LogP contribution in [0.3, 0.4) is 0 Å². The van der Waals surface area contributed by atoms with Gasteiger partial charge in [0.25, 0.3) is 0 Å². The molecule has 0 aliphatic rings. The Labute approximate surface area is 95.9 Å². The van der Waals surface area contributed by atoms with Gasteiger partial charge in [-0.3, -0.25) is 20.1 Å². The molecular formula is C11H18N4O. The second-order valence-electron chi connectivity index (χ2n) is 3.97. The van der Waals surface area contributed by atoms with Crippen LogP contribution in [0.1, 0.15) is 25.6 Å². The molecule has 0 aliphatic heterocycles. The van der Waals surface area contributed by atoms with Gasteiger partial charge in [0.2, 0.25) is 5.91 Å². The number of nitrogens with one attached hydrogen (secondary N) is 1. The van der Waals surface area contributed by atoms with Crippen molar-refractivity contribution >= 4 is 5.91 Å². The fraction of sp³-hybridized carbons (Fsp3) is 0.545. The highest BCUT2D eigenvalue weighted by Crippen LogP contribution is 2.08. The Morgan fingerprint density at radius 3 is 2.56 bits per heavy atom. The monoisotopic (exact) mass is 222 g/mol. The molecule has 0 aromatic carbocycles. The summed E-state index contributed by atoms with van der Waals surface area (Å²) < 4.78 is 0. The van der Waals surface area contributed by atoms with E-state index in [2.05, 4.69) is 15.3 Å². The average molecular weight is 222 g/mol. The van der Waals surface area contributed by atoms with E-state index >= 15 is 0 Å². The number of carbonyl (C=O) groups excluding carboxylic acids is 1. The van der Waals surface area contributed by atoms with E-state index < -0.39 is 0 Å². The zero-order valence-corrected chi connectivity index (χ0v) is 10.1. The lowest BCUT2D eigenvalue weighted by Crippen LogP contribution is -2.42. The first-order valence-corrected chi connectivity index (χ1v) is 5.25. The smallest absolute Gasteiger partial charge is 0.238 e. The largest absolute Gasteiger partial charge is 0.347 e. The van der Waals surface area contributed by atoms with Crippen LogP contribution < -0.4 is 5.32 Å². The van der Waals surface area contributed by atoms with E-state index in [-0.39, 0.29) is 18.0 Å². The van der Waals surface area contributed by atoms with Gasteiger partial charge in [0.15, 0.2) is 0 Å². The topological polar surface area (TPSA) is 58.1 Å². The van der Waals surface area contributed by atoms with E-state index in [9.17, 15) is 4.79 Å². The molecule has 0 saturated heterocycles. The maximum absolute atomic E-state index is 11.6. The van der Waals surface area contributed by atoms with Gasteiger partial charge in [0.1, 0.15) is 0 Å². The fourth-order valence-corrected chi connectivity index (χ4v) is 1.45. The zero-order chi connectivity index (χ0) is 12.1. The van der Waals surface area contributed by atoms with Crippen LogP contribution in [0.15, 0.2) is 18.6 Å². The number of carbonyl (C=O) groups is 1. The van der Waals surface area contributed by atoms with Gasteiger partial charge in [-0.1, -0.05) is 0 Å². The Morgan fingerprint density at radius 1 is 1.38 bits per heavy atom. The Morgan fingerprint density at radius 2 is 2.06 bits per heavy atom. The van der Waals surface area contributed by atoms with E-state index in [1.54, 1.807) is 37.6 Å². The molecule has 1 aromatic rings. The second-order valence-corrected chi connectivity index (χ2v) is 3.97. The highest BCUT2D eigenvalue weighted by molar-refractivity contribution is 5.80. The van der Waals surface area contributed by atoms with Gasteiger partial charge in [0.05, 0.1) is 11.7 Å². The zero-order valence-electron chi connectivity index (χ0n) is 10.1. The Kier molecular flexibility index (Phi) is 4.37. The molecule has 1 heterocycles. The van der Waals surface area contributed by atoms with Crippen molar-refractivity contribution in [1.82, 2.24) is 20.2 Å². The first-order chi connectivity index (χ1) is 7.52. The standard InChI is InChI=1S/C11H18N4O/c1-8(10-7-12-5-6-13-10)14-9(2)11(16)15(3)4/h5-9,14H,1-4H3. The van der Waals surface area contributed by atoms with E-state index in [0.29, 0.717) is 0 Å². The molecule has 2 atom stereocenters. The van der Waals surface area contributed by atoms with Crippen LogP contribution in [0.25, 0.3) is 0 Å². The molecule has 0 saturated carbocycles. The number of hydrogen-bond donors (Lipinski definition) is 1. The van der Waals surface area contributed by atoms with E-state index in [1.165, 1.54) is 0 Å². The molecular weight excluding hydrogens is 204 g/mol. The molecule has 0 aliphatic carbocycles. The molecule has 16 heavy (non-hydrogen) atoms. The Balaban J connectivity index is 2.58. The number of likely N-dealkylation sites (N-methyl/N-ethyl adjacent to an activating group) is 1. The van der Waals surface area contributed by atoms with Crippen LogP contribution in [0.2, 0.25) is 0 Å². The van der Waals surface area contributed by atoms with Gasteiger partial charge in [-0.15, -0.1) is 0 Å². The van der Waals surface area contributed by atoms with Crippen LogP contribution >= 0.6 is 0 Å². The van der Waals surface area contributed by atoms with Crippen LogP contribution in [0, 0.1) is 0 Å². The third-order valence-corrected chi connectivity index (χ3v) is 2.34. The third-order valence-electron chi connectivity index (χ3n) is 2.34. The van der Waals surface area contributed by atoms with Crippen LogP contribution in [-0.2, 0) is 4.79 Å². The van der Waals surface area contributed by atoms with Crippen molar-refractivity contribution in [3.8, 4) is 0 Å². The second kappa shape index (κ2) is 5.55. The van der Waals surface area contributed by atoms with E-state index in [0.717, 1.165) is 5.69 Å². The van der Waals surface area contributed by atoms with E-state index in [4.69, 9.17) is 0 Å². The Hall–Kier alpha value is -1.49. The molecule has 1 aromatic heterocycles. The lowest BCUT2D eigenvalue weighted by Gasteiger charge is -2.21. The van der Waals surface area contributed by atoms with Gasteiger partial charge >= 0.3 is 0 Å². The third kappa shape index (κ3) is 3.27. The summed E-state index contributed by atoms with van der Waals surface area (Å²) in [7, 11) is 3.49. The number of aromatic nitrogens is 2. The van der Waals surface area contributed by atoms with Crippen molar-refractivity contribution < 1.29 is 4.79 Å². The molecule has 1 amide bonds. The molecule has 0 radical (unpaired) electrons. The molecule has 5 nitrogen and oxygen atoms in total. The first kappa shape index (κ1) is 12.6. The minimum Gasteiger partial charge on any atom is -0.347 e. The van der Waals surface area contributed by atoms with Crippen LogP contribution in [0.5, 0.6) is 0 Å². The predicted molar refractivity (Wildman–Crippen MR) is 61.7 cm³/mol. The summed E-state index contributed by atoms with van der Waals surface area (Å²) in [5.41, 5.74) is 0.834. The number of rotatable bonds is 4. The quantitative estimate of drug-likeness (QED) is 0.810. The molecule has 1 rings (SSSR count). The SMILES string of the molecule is CC(NC(C)c1cnccn1)C(=O)N(C)C. The molecule has 88 valence electrons. The molecule has 1 N–H and O–H groups in total. The van der Waals surface area contributed by atoms with Crippen molar-refractivity contribution in [3.63, 3.8) is 0 Å². The molecule has 0 fully saturated rings. The summed E-state index contributed by atoms with van der Waals surface area (Å²) >= 11 is 0. The fourth-order valence-electron chi connectivity index (χ4n) is 1.45. The van der Waals surface area contributed by atoms with Crippen molar-refractivity contribution in [2.75, 3.05) is 14.1 Å². The maximum Gasteiger partial charge on any atom is 0.238 e. The lowest BCUT2D eigenvalue weighted by atomic mass is 10.2. The average Bonchev–Trinajstić information content (AvgIpc) is 2.28. The first-order valence-electron chi connectivity index (χ1n) is 5.25. The van der Waals surface area contributed by atoms with Crippen LogP contribution in [-0.4, -0.2) is 40.9 Å². The van der Waals surface area contributed by atoms with Crippen LogP contribution in [0.4, 0.5) is 0 Å². The summed E-state index contributed by atoms with van der Waals surface area (Å²) in [6, 6.07) is -0.223. The predicted octanol–water partition coefficient (Wildman–Crippen LogP) is 0.604. The minimum atomic E-state index is -0.230. The molecule has 0 bridgehead atoms.